The highest BCUT2D eigenvalue weighted by atomic mass is 16.1. The Balaban J connectivity index is 1.42. The van der Waals surface area contributed by atoms with Crippen molar-refractivity contribution in [3.05, 3.63) is 47.3 Å². The van der Waals surface area contributed by atoms with Gasteiger partial charge in [0, 0.05) is 70.7 Å². The van der Waals surface area contributed by atoms with Crippen LogP contribution in [0.15, 0.2) is 30.6 Å². The fourth-order valence-electron chi connectivity index (χ4n) is 7.70. The number of carbonyl (C=O) groups is 2. The molecule has 0 radical (unpaired) electrons. The summed E-state index contributed by atoms with van der Waals surface area (Å²) in [7, 11) is 0. The number of rotatable bonds is 12. The van der Waals surface area contributed by atoms with Gasteiger partial charge in [0.1, 0.15) is 11.6 Å². The summed E-state index contributed by atoms with van der Waals surface area (Å²) in [5, 5.41) is 4.69. The van der Waals surface area contributed by atoms with Crippen LogP contribution in [0.2, 0.25) is 0 Å². The van der Waals surface area contributed by atoms with Crippen LogP contribution < -0.4 is 11.1 Å². The van der Waals surface area contributed by atoms with Crippen LogP contribution in [0.25, 0.3) is 22.0 Å². The lowest BCUT2D eigenvalue weighted by Crippen LogP contribution is -2.28. The van der Waals surface area contributed by atoms with E-state index in [2.05, 4.69) is 69.3 Å². The van der Waals surface area contributed by atoms with Crippen molar-refractivity contribution in [2.24, 2.45) is 23.5 Å². The molecule has 41 heavy (non-hydrogen) atoms. The summed E-state index contributed by atoms with van der Waals surface area (Å²) in [4.78, 5) is 33.7. The lowest BCUT2D eigenvalue weighted by molar-refractivity contribution is -0.122. The number of unbranched alkanes of at least 4 members (excludes halogenated alkanes) is 1. The van der Waals surface area contributed by atoms with Crippen LogP contribution in [0.4, 0.5) is 5.82 Å². The van der Waals surface area contributed by atoms with Gasteiger partial charge in [-0.15, -0.1) is 0 Å². The van der Waals surface area contributed by atoms with Crippen molar-refractivity contribution in [3.63, 3.8) is 0 Å². The van der Waals surface area contributed by atoms with Gasteiger partial charge in [-0.3, -0.25) is 9.59 Å². The highest BCUT2D eigenvalue weighted by molar-refractivity contribution is 5.98. The van der Waals surface area contributed by atoms with Gasteiger partial charge in [0.25, 0.3) is 0 Å². The number of hydrogen-bond acceptors (Lipinski definition) is 4. The smallest absolute Gasteiger partial charge is 0.220 e. The number of fused-ring (bicyclic) bond motifs is 3. The Kier molecular flexibility index (Phi) is 8.58. The largest absolute Gasteiger partial charge is 0.369 e. The predicted molar refractivity (Wildman–Crippen MR) is 168 cm³/mol. The highest BCUT2D eigenvalue weighted by Gasteiger charge is 2.48. The fraction of sp³-hybridized carbons (Fsp3) is 0.571. The summed E-state index contributed by atoms with van der Waals surface area (Å²) < 4.78 is 0. The van der Waals surface area contributed by atoms with Crippen molar-refractivity contribution in [1.82, 2.24) is 9.97 Å². The summed E-state index contributed by atoms with van der Waals surface area (Å²) >= 11 is 0. The summed E-state index contributed by atoms with van der Waals surface area (Å²) in [5.74, 6) is 2.25. The second kappa shape index (κ2) is 12.0. The van der Waals surface area contributed by atoms with Gasteiger partial charge in [-0.25, -0.2) is 4.98 Å². The van der Waals surface area contributed by atoms with Crippen molar-refractivity contribution in [2.45, 2.75) is 104 Å². The molecule has 6 heteroatoms. The lowest BCUT2D eigenvalue weighted by Gasteiger charge is -2.25. The van der Waals surface area contributed by atoms with Crippen molar-refractivity contribution >= 4 is 28.4 Å². The number of benzene rings is 1. The molecule has 2 aromatic heterocycles. The number of amides is 1. The van der Waals surface area contributed by atoms with Crippen LogP contribution in [0.1, 0.15) is 108 Å². The Morgan fingerprint density at radius 2 is 1.95 bits per heavy atom. The van der Waals surface area contributed by atoms with Crippen molar-refractivity contribution in [1.29, 1.82) is 0 Å². The van der Waals surface area contributed by atoms with E-state index in [1.54, 1.807) is 0 Å². The van der Waals surface area contributed by atoms with Gasteiger partial charge in [-0.2, -0.15) is 0 Å². The van der Waals surface area contributed by atoms with E-state index < -0.39 is 0 Å². The average molecular weight is 557 g/mol. The number of para-hydroxylation sites is 1. The maximum absolute atomic E-state index is 13.2. The molecule has 1 fully saturated rings. The van der Waals surface area contributed by atoms with E-state index in [-0.39, 0.29) is 23.2 Å². The topological polar surface area (TPSA) is 101 Å². The van der Waals surface area contributed by atoms with Crippen LogP contribution in [0.5, 0.6) is 0 Å². The zero-order valence-electron chi connectivity index (χ0n) is 25.6. The number of ketones is 1. The minimum absolute atomic E-state index is 0.0716. The maximum atomic E-state index is 13.2. The maximum Gasteiger partial charge on any atom is 0.220 e. The van der Waals surface area contributed by atoms with Crippen molar-refractivity contribution < 1.29 is 9.59 Å². The standard InChI is InChI=1S/C35H48N4O2/c1-6-8-10-21(3)22(4)15-26(40)16-24(7-2)27-11-9-12-28-30(19-37-32(27)28)29-18-38-34-31(23(29)5)35(20-39-34)14-13-25(17-35)33(36)41/h9,11-12,18-19,21-22,24-25,37H,6-8,10,13-17,20H2,1-5H3,(H2,36,41)(H,38,39)/t21?,22?,24?,25-,35-/m0/s1. The molecular formula is C35H48N4O2. The van der Waals surface area contributed by atoms with Gasteiger partial charge in [0.2, 0.25) is 5.91 Å². The van der Waals surface area contributed by atoms with Crippen LogP contribution >= 0.6 is 0 Å². The van der Waals surface area contributed by atoms with Crippen molar-refractivity contribution in [3.8, 4) is 11.1 Å². The van der Waals surface area contributed by atoms with E-state index in [1.165, 1.54) is 41.3 Å². The molecular weight excluding hydrogens is 508 g/mol. The number of nitrogens with zero attached hydrogens (tertiary/aromatic N) is 1. The van der Waals surface area contributed by atoms with Gasteiger partial charge in [-0.05, 0) is 61.5 Å². The molecule has 3 unspecified atom stereocenters. The summed E-state index contributed by atoms with van der Waals surface area (Å²) in [5.41, 5.74) is 12.7. The number of nitrogens with two attached hydrogens (primary N) is 1. The number of nitrogens with one attached hydrogen (secondary N) is 2. The number of pyridine rings is 1. The van der Waals surface area contributed by atoms with Crippen LogP contribution in [0, 0.1) is 24.7 Å². The molecule has 1 spiro atoms. The highest BCUT2D eigenvalue weighted by Crippen LogP contribution is 2.52. The number of aromatic amines is 1. The number of aromatic nitrogens is 2. The number of primary amides is 1. The first-order valence-electron chi connectivity index (χ1n) is 15.8. The Morgan fingerprint density at radius 3 is 2.66 bits per heavy atom. The molecule has 3 aromatic rings. The molecule has 5 atom stereocenters. The summed E-state index contributed by atoms with van der Waals surface area (Å²) in [6.07, 6.45) is 12.5. The number of hydrogen-bond donors (Lipinski definition) is 3. The first-order chi connectivity index (χ1) is 19.7. The molecule has 1 aliphatic heterocycles. The average Bonchev–Trinajstić information content (AvgIpc) is 3.68. The summed E-state index contributed by atoms with van der Waals surface area (Å²) in [6.45, 7) is 12.0. The molecule has 1 saturated carbocycles. The van der Waals surface area contributed by atoms with Crippen LogP contribution in [0.3, 0.4) is 0 Å². The predicted octanol–water partition coefficient (Wildman–Crippen LogP) is 7.79. The second-order valence-corrected chi connectivity index (χ2v) is 13.1. The third-order valence-corrected chi connectivity index (χ3v) is 10.5. The Hall–Kier alpha value is -3.15. The molecule has 1 amide bonds. The molecule has 1 aromatic carbocycles. The first-order valence-corrected chi connectivity index (χ1v) is 15.8. The van der Waals surface area contributed by atoms with Gasteiger partial charge < -0.3 is 16.0 Å². The zero-order chi connectivity index (χ0) is 29.3. The number of H-pyrrole nitrogens is 1. The SMILES string of the molecule is CCCCC(C)C(C)CC(=O)CC(CC)c1cccc2c(-c3cnc4c(c3C)[C@]3(CC[C@H](C(N)=O)C3)CN4)c[nH]c12. The van der Waals surface area contributed by atoms with Gasteiger partial charge in [0.15, 0.2) is 0 Å². The molecule has 4 N–H and O–H groups in total. The van der Waals surface area contributed by atoms with Crippen LogP contribution in [-0.4, -0.2) is 28.2 Å². The minimum atomic E-state index is -0.189. The fourth-order valence-corrected chi connectivity index (χ4v) is 7.70. The molecule has 2 aliphatic rings. The molecule has 1 aliphatic carbocycles. The molecule has 6 nitrogen and oxygen atoms in total. The van der Waals surface area contributed by atoms with E-state index in [0.29, 0.717) is 30.5 Å². The molecule has 220 valence electrons. The molecule has 0 bridgehead atoms. The molecule has 0 saturated heterocycles. The number of carbonyl (C=O) groups excluding carboxylic acids is 2. The molecule has 3 heterocycles. The van der Waals surface area contributed by atoms with E-state index in [1.807, 2.05) is 6.20 Å². The molecule has 5 rings (SSSR count). The third kappa shape index (κ3) is 5.54. The van der Waals surface area contributed by atoms with Gasteiger partial charge in [-0.1, -0.05) is 65.2 Å². The Morgan fingerprint density at radius 1 is 1.15 bits per heavy atom. The lowest BCUT2D eigenvalue weighted by atomic mass is 9.77. The van der Waals surface area contributed by atoms with Crippen molar-refractivity contribution in [2.75, 3.05) is 11.9 Å². The van der Waals surface area contributed by atoms with Gasteiger partial charge in [0.05, 0.1) is 0 Å². The van der Waals surface area contributed by atoms with Crippen LogP contribution in [-0.2, 0) is 15.0 Å². The summed E-state index contributed by atoms with van der Waals surface area (Å²) in [6, 6.07) is 6.49. The minimum Gasteiger partial charge on any atom is -0.369 e. The van der Waals surface area contributed by atoms with E-state index in [0.717, 1.165) is 54.7 Å². The monoisotopic (exact) mass is 556 g/mol. The van der Waals surface area contributed by atoms with E-state index >= 15 is 0 Å². The first kappa shape index (κ1) is 29.3. The Bertz CT molecular complexity index is 1430. The van der Waals surface area contributed by atoms with E-state index in [4.69, 9.17) is 10.7 Å². The van der Waals surface area contributed by atoms with Gasteiger partial charge >= 0.3 is 0 Å². The number of anilines is 1. The number of Topliss-reactive ketones (excluding diaryl/α,β-unsaturated/α-hetero) is 1. The quantitative estimate of drug-likeness (QED) is 0.212. The van der Waals surface area contributed by atoms with E-state index in [9.17, 15) is 9.59 Å². The zero-order valence-corrected chi connectivity index (χ0v) is 25.6. The third-order valence-electron chi connectivity index (χ3n) is 10.5. The Labute approximate surface area is 245 Å². The second-order valence-electron chi connectivity index (χ2n) is 13.1. The normalized spacial score (nSPS) is 22.0.